The van der Waals surface area contributed by atoms with Gasteiger partial charge in [0.15, 0.2) is 5.96 Å². The van der Waals surface area contributed by atoms with Crippen molar-refractivity contribution in [2.24, 2.45) is 4.99 Å². The van der Waals surface area contributed by atoms with Crippen LogP contribution in [0.2, 0.25) is 0 Å². The molecule has 1 unspecified atom stereocenters. The second-order valence-corrected chi connectivity index (χ2v) is 5.39. The zero-order valence-corrected chi connectivity index (χ0v) is 14.8. The Labute approximate surface area is 139 Å². The molecule has 1 saturated carbocycles. The van der Waals surface area contributed by atoms with Gasteiger partial charge in [-0.1, -0.05) is 50.1 Å². The van der Waals surface area contributed by atoms with Crippen LogP contribution in [0, 0.1) is 0 Å². The molecule has 0 radical (unpaired) electrons. The number of guanidine groups is 1. The second kappa shape index (κ2) is 9.21. The van der Waals surface area contributed by atoms with E-state index >= 15 is 0 Å². The molecule has 112 valence electrons. The van der Waals surface area contributed by atoms with Crippen molar-refractivity contribution >= 4 is 29.9 Å². The smallest absolute Gasteiger partial charge is 0.191 e. The molecule has 0 spiro atoms. The van der Waals surface area contributed by atoms with Crippen LogP contribution in [0.1, 0.15) is 44.1 Å². The molecule has 0 bridgehead atoms. The first-order chi connectivity index (χ1) is 9.29. The zero-order chi connectivity index (χ0) is 13.5. The molecular formula is C16H26IN3. The molecule has 0 aromatic heterocycles. The lowest BCUT2D eigenvalue weighted by molar-refractivity contribution is 0.605. The highest BCUT2D eigenvalue weighted by Gasteiger charge is 2.16. The molecule has 1 fully saturated rings. The van der Waals surface area contributed by atoms with Gasteiger partial charge < -0.3 is 10.6 Å². The second-order valence-electron chi connectivity index (χ2n) is 5.39. The molecular weight excluding hydrogens is 361 g/mol. The average Bonchev–Trinajstić information content (AvgIpc) is 2.97. The first kappa shape index (κ1) is 17.3. The van der Waals surface area contributed by atoms with Gasteiger partial charge in [0.2, 0.25) is 0 Å². The highest BCUT2D eigenvalue weighted by atomic mass is 127. The van der Waals surface area contributed by atoms with Crippen molar-refractivity contribution in [2.75, 3.05) is 13.6 Å². The lowest BCUT2D eigenvalue weighted by Gasteiger charge is -2.19. The van der Waals surface area contributed by atoms with Gasteiger partial charge in [0.25, 0.3) is 0 Å². The van der Waals surface area contributed by atoms with Crippen molar-refractivity contribution in [2.45, 2.75) is 44.6 Å². The van der Waals surface area contributed by atoms with Crippen molar-refractivity contribution in [3.8, 4) is 0 Å². The highest BCUT2D eigenvalue weighted by Crippen LogP contribution is 2.17. The topological polar surface area (TPSA) is 36.4 Å². The summed E-state index contributed by atoms with van der Waals surface area (Å²) < 4.78 is 0. The molecule has 1 aliphatic carbocycles. The van der Waals surface area contributed by atoms with Gasteiger partial charge in [0.1, 0.15) is 0 Å². The summed E-state index contributed by atoms with van der Waals surface area (Å²) in [7, 11) is 1.84. The van der Waals surface area contributed by atoms with Crippen molar-refractivity contribution in [1.82, 2.24) is 10.6 Å². The SMILES string of the molecule is CN=C(NCC(C)c1ccccc1)NC1CCCC1.I. The van der Waals surface area contributed by atoms with Crippen LogP contribution >= 0.6 is 24.0 Å². The predicted octanol–water partition coefficient (Wildman–Crippen LogP) is 3.52. The molecule has 0 amide bonds. The molecule has 2 N–H and O–H groups in total. The Morgan fingerprint density at radius 1 is 1.25 bits per heavy atom. The molecule has 1 aliphatic rings. The number of hydrogen-bond acceptors (Lipinski definition) is 1. The quantitative estimate of drug-likeness (QED) is 0.471. The maximum Gasteiger partial charge on any atom is 0.191 e. The Balaban J connectivity index is 0.00000200. The van der Waals surface area contributed by atoms with E-state index in [9.17, 15) is 0 Å². The molecule has 0 heterocycles. The molecule has 3 nitrogen and oxygen atoms in total. The van der Waals surface area contributed by atoms with Crippen LogP contribution in [-0.2, 0) is 0 Å². The summed E-state index contributed by atoms with van der Waals surface area (Å²) in [6.07, 6.45) is 5.23. The fourth-order valence-corrected chi connectivity index (χ4v) is 2.61. The van der Waals surface area contributed by atoms with E-state index in [0.29, 0.717) is 12.0 Å². The normalized spacial score (nSPS) is 17.4. The van der Waals surface area contributed by atoms with Crippen molar-refractivity contribution in [3.63, 3.8) is 0 Å². The number of nitrogens with zero attached hydrogens (tertiary/aromatic N) is 1. The Hall–Kier alpha value is -0.780. The van der Waals surface area contributed by atoms with Gasteiger partial charge in [-0.15, -0.1) is 24.0 Å². The number of benzene rings is 1. The number of nitrogens with one attached hydrogen (secondary N) is 2. The van der Waals surface area contributed by atoms with E-state index in [0.717, 1.165) is 12.5 Å². The molecule has 0 aliphatic heterocycles. The molecule has 1 aromatic carbocycles. The summed E-state index contributed by atoms with van der Waals surface area (Å²) in [5, 5.41) is 6.94. The zero-order valence-electron chi connectivity index (χ0n) is 12.4. The summed E-state index contributed by atoms with van der Waals surface area (Å²) in [6, 6.07) is 11.2. The maximum atomic E-state index is 4.31. The molecule has 2 rings (SSSR count). The van der Waals surface area contributed by atoms with E-state index in [4.69, 9.17) is 0 Å². The highest BCUT2D eigenvalue weighted by molar-refractivity contribution is 14.0. The van der Waals surface area contributed by atoms with Crippen molar-refractivity contribution in [1.29, 1.82) is 0 Å². The Kier molecular flexibility index (Phi) is 7.95. The lowest BCUT2D eigenvalue weighted by Crippen LogP contribution is -2.43. The standard InChI is InChI=1S/C16H25N3.HI/c1-13(14-8-4-3-5-9-14)12-18-16(17-2)19-15-10-6-7-11-15;/h3-5,8-9,13,15H,6-7,10-12H2,1-2H3,(H2,17,18,19);1H. The molecule has 0 saturated heterocycles. The Morgan fingerprint density at radius 3 is 2.50 bits per heavy atom. The van der Waals surface area contributed by atoms with Crippen molar-refractivity contribution in [3.05, 3.63) is 35.9 Å². The summed E-state index contributed by atoms with van der Waals surface area (Å²) in [6.45, 7) is 3.15. The van der Waals surface area contributed by atoms with Crippen LogP contribution in [0.3, 0.4) is 0 Å². The van der Waals surface area contributed by atoms with Gasteiger partial charge in [-0.05, 0) is 24.3 Å². The molecule has 1 atom stereocenters. The average molecular weight is 387 g/mol. The summed E-state index contributed by atoms with van der Waals surface area (Å²) in [5.74, 6) is 1.43. The van der Waals surface area contributed by atoms with Crippen molar-refractivity contribution < 1.29 is 0 Å². The fraction of sp³-hybridized carbons (Fsp3) is 0.562. The first-order valence-electron chi connectivity index (χ1n) is 7.31. The van der Waals surface area contributed by atoms with Crippen LogP contribution in [-0.4, -0.2) is 25.6 Å². The molecule has 20 heavy (non-hydrogen) atoms. The molecule has 4 heteroatoms. The minimum Gasteiger partial charge on any atom is -0.356 e. The Morgan fingerprint density at radius 2 is 1.90 bits per heavy atom. The minimum absolute atomic E-state index is 0. The van der Waals surface area contributed by atoms with E-state index < -0.39 is 0 Å². The van der Waals surface area contributed by atoms with Crippen LogP contribution in [0.5, 0.6) is 0 Å². The maximum absolute atomic E-state index is 4.31. The summed E-state index contributed by atoms with van der Waals surface area (Å²) >= 11 is 0. The predicted molar refractivity (Wildman–Crippen MR) is 97.0 cm³/mol. The monoisotopic (exact) mass is 387 g/mol. The van der Waals surface area contributed by atoms with Crippen LogP contribution in [0.15, 0.2) is 35.3 Å². The molecule has 1 aromatic rings. The van der Waals surface area contributed by atoms with E-state index in [2.05, 4.69) is 52.9 Å². The van der Waals surface area contributed by atoms with Crippen LogP contribution < -0.4 is 10.6 Å². The summed E-state index contributed by atoms with van der Waals surface area (Å²) in [5.41, 5.74) is 1.37. The van der Waals surface area contributed by atoms with Gasteiger partial charge in [-0.3, -0.25) is 4.99 Å². The van der Waals surface area contributed by atoms with E-state index in [-0.39, 0.29) is 24.0 Å². The van der Waals surface area contributed by atoms with E-state index in [1.807, 2.05) is 7.05 Å². The Bertz CT molecular complexity index is 399. The number of rotatable bonds is 4. The summed E-state index contributed by atoms with van der Waals surface area (Å²) in [4.78, 5) is 4.31. The van der Waals surface area contributed by atoms with Gasteiger partial charge in [-0.25, -0.2) is 0 Å². The van der Waals surface area contributed by atoms with Crippen LogP contribution in [0.4, 0.5) is 0 Å². The minimum atomic E-state index is 0. The van der Waals surface area contributed by atoms with Gasteiger partial charge >= 0.3 is 0 Å². The van der Waals surface area contributed by atoms with E-state index in [1.54, 1.807) is 0 Å². The number of halogens is 1. The van der Waals surface area contributed by atoms with Gasteiger partial charge in [0.05, 0.1) is 0 Å². The lowest BCUT2D eigenvalue weighted by atomic mass is 10.0. The third kappa shape index (κ3) is 5.31. The third-order valence-corrected chi connectivity index (χ3v) is 3.86. The van der Waals surface area contributed by atoms with Crippen LogP contribution in [0.25, 0.3) is 0 Å². The third-order valence-electron chi connectivity index (χ3n) is 3.86. The first-order valence-corrected chi connectivity index (χ1v) is 7.31. The number of aliphatic imine (C=N–C) groups is 1. The fourth-order valence-electron chi connectivity index (χ4n) is 2.61. The van der Waals surface area contributed by atoms with Gasteiger partial charge in [0, 0.05) is 19.6 Å². The van der Waals surface area contributed by atoms with Gasteiger partial charge in [-0.2, -0.15) is 0 Å². The largest absolute Gasteiger partial charge is 0.356 e. The number of hydrogen-bond donors (Lipinski definition) is 2. The van der Waals surface area contributed by atoms with E-state index in [1.165, 1.54) is 31.2 Å².